The Morgan fingerprint density at radius 3 is 2.77 bits per heavy atom. The van der Waals surface area contributed by atoms with E-state index in [1.165, 1.54) is 16.0 Å². The van der Waals surface area contributed by atoms with Gasteiger partial charge in [-0.2, -0.15) is 0 Å². The standard InChI is InChI=1S/C11H13ClS/c1-9-4-5-11(10(2)8-9)13-7-3-6-12/h3-6,8H,7H2,1-2H3/b6-3+. The summed E-state index contributed by atoms with van der Waals surface area (Å²) in [5.74, 6) is 0.938. The van der Waals surface area contributed by atoms with Gasteiger partial charge in [0, 0.05) is 16.2 Å². The van der Waals surface area contributed by atoms with E-state index in [4.69, 9.17) is 11.6 Å². The molecule has 0 radical (unpaired) electrons. The first-order valence-electron chi connectivity index (χ1n) is 4.19. The van der Waals surface area contributed by atoms with Crippen molar-refractivity contribution in [2.75, 3.05) is 5.75 Å². The predicted octanol–water partition coefficient (Wildman–Crippen LogP) is 4.15. The average molecular weight is 213 g/mol. The normalized spacial score (nSPS) is 11.0. The third kappa shape index (κ3) is 3.45. The summed E-state index contributed by atoms with van der Waals surface area (Å²) in [6.45, 7) is 4.25. The molecular formula is C11H13ClS. The molecule has 0 unspecified atom stereocenters. The van der Waals surface area contributed by atoms with Crippen molar-refractivity contribution in [2.24, 2.45) is 0 Å². The summed E-state index contributed by atoms with van der Waals surface area (Å²) < 4.78 is 0. The number of rotatable bonds is 3. The van der Waals surface area contributed by atoms with Crippen molar-refractivity contribution < 1.29 is 0 Å². The molecule has 70 valence electrons. The number of aryl methyl sites for hydroxylation is 2. The Morgan fingerprint density at radius 2 is 2.15 bits per heavy atom. The smallest absolute Gasteiger partial charge is 0.0172 e. The van der Waals surface area contributed by atoms with E-state index in [0.29, 0.717) is 0 Å². The Bertz CT molecular complexity index is 305. The summed E-state index contributed by atoms with van der Waals surface area (Å²) in [6, 6.07) is 6.50. The van der Waals surface area contributed by atoms with Gasteiger partial charge in [0.05, 0.1) is 0 Å². The second kappa shape index (κ2) is 5.36. The van der Waals surface area contributed by atoms with Crippen LogP contribution in [0.3, 0.4) is 0 Å². The van der Waals surface area contributed by atoms with Gasteiger partial charge in [0.15, 0.2) is 0 Å². The van der Waals surface area contributed by atoms with Gasteiger partial charge in [-0.05, 0) is 25.5 Å². The highest BCUT2D eigenvalue weighted by Gasteiger charge is 1.96. The van der Waals surface area contributed by atoms with Crippen LogP contribution in [0.4, 0.5) is 0 Å². The summed E-state index contributed by atoms with van der Waals surface area (Å²) in [5, 5.41) is 0. The van der Waals surface area contributed by atoms with Crippen LogP contribution < -0.4 is 0 Å². The predicted molar refractivity (Wildman–Crippen MR) is 61.6 cm³/mol. The zero-order chi connectivity index (χ0) is 9.68. The van der Waals surface area contributed by atoms with Crippen LogP contribution in [0.2, 0.25) is 0 Å². The molecule has 2 heteroatoms. The van der Waals surface area contributed by atoms with Crippen LogP contribution in [0.5, 0.6) is 0 Å². The van der Waals surface area contributed by atoms with Gasteiger partial charge in [0.1, 0.15) is 0 Å². The minimum Gasteiger partial charge on any atom is -0.122 e. The van der Waals surface area contributed by atoms with E-state index in [0.717, 1.165) is 5.75 Å². The summed E-state index contributed by atoms with van der Waals surface area (Å²) >= 11 is 7.25. The number of halogens is 1. The molecule has 0 fully saturated rings. The van der Waals surface area contributed by atoms with Crippen molar-refractivity contribution in [1.29, 1.82) is 0 Å². The molecule has 1 aromatic rings. The average Bonchev–Trinajstić information content (AvgIpc) is 2.09. The molecule has 0 heterocycles. The number of hydrogen-bond donors (Lipinski definition) is 0. The third-order valence-corrected chi connectivity index (χ3v) is 3.06. The molecular weight excluding hydrogens is 200 g/mol. The molecule has 0 spiro atoms. The van der Waals surface area contributed by atoms with Gasteiger partial charge in [0.25, 0.3) is 0 Å². The van der Waals surface area contributed by atoms with Crippen molar-refractivity contribution in [3.63, 3.8) is 0 Å². The molecule has 0 aliphatic carbocycles. The van der Waals surface area contributed by atoms with Crippen molar-refractivity contribution >= 4 is 23.4 Å². The van der Waals surface area contributed by atoms with Crippen molar-refractivity contribution in [3.05, 3.63) is 40.9 Å². The van der Waals surface area contributed by atoms with E-state index in [1.54, 1.807) is 5.54 Å². The van der Waals surface area contributed by atoms with Gasteiger partial charge < -0.3 is 0 Å². The Kier molecular flexibility index (Phi) is 4.40. The van der Waals surface area contributed by atoms with Crippen LogP contribution in [-0.2, 0) is 0 Å². The first kappa shape index (κ1) is 10.7. The second-order valence-electron chi connectivity index (χ2n) is 2.94. The van der Waals surface area contributed by atoms with Crippen LogP contribution in [0.15, 0.2) is 34.7 Å². The van der Waals surface area contributed by atoms with Gasteiger partial charge in [-0.15, -0.1) is 11.8 Å². The third-order valence-electron chi connectivity index (χ3n) is 1.75. The first-order valence-corrected chi connectivity index (χ1v) is 5.61. The summed E-state index contributed by atoms with van der Waals surface area (Å²) in [6.07, 6.45) is 1.95. The highest BCUT2D eigenvalue weighted by molar-refractivity contribution is 7.99. The second-order valence-corrected chi connectivity index (χ2v) is 4.26. The van der Waals surface area contributed by atoms with Crippen LogP contribution in [0.1, 0.15) is 11.1 Å². The van der Waals surface area contributed by atoms with E-state index in [2.05, 4.69) is 32.0 Å². The Hall–Kier alpha value is -0.400. The van der Waals surface area contributed by atoms with Crippen LogP contribution in [0.25, 0.3) is 0 Å². The molecule has 0 N–H and O–H groups in total. The molecule has 0 saturated heterocycles. The zero-order valence-corrected chi connectivity index (χ0v) is 9.45. The summed E-state index contributed by atoms with van der Waals surface area (Å²) in [7, 11) is 0. The molecule has 0 atom stereocenters. The summed E-state index contributed by atoms with van der Waals surface area (Å²) in [4.78, 5) is 1.33. The minimum atomic E-state index is 0.938. The Labute approximate surface area is 89.0 Å². The molecule has 0 aromatic heterocycles. The monoisotopic (exact) mass is 212 g/mol. The highest BCUT2D eigenvalue weighted by atomic mass is 35.5. The van der Waals surface area contributed by atoms with Crippen molar-refractivity contribution in [2.45, 2.75) is 18.7 Å². The number of benzene rings is 1. The van der Waals surface area contributed by atoms with E-state index in [-0.39, 0.29) is 0 Å². The molecule has 0 aliphatic heterocycles. The number of hydrogen-bond acceptors (Lipinski definition) is 1. The molecule has 0 nitrogen and oxygen atoms in total. The molecule has 0 saturated carbocycles. The van der Waals surface area contributed by atoms with Crippen LogP contribution in [0, 0.1) is 13.8 Å². The maximum Gasteiger partial charge on any atom is 0.0172 e. The molecule has 0 aliphatic rings. The maximum absolute atomic E-state index is 5.44. The lowest BCUT2D eigenvalue weighted by atomic mass is 10.2. The van der Waals surface area contributed by atoms with Gasteiger partial charge in [0.2, 0.25) is 0 Å². The number of thioether (sulfide) groups is 1. The van der Waals surface area contributed by atoms with E-state index in [1.807, 2.05) is 17.8 Å². The fraction of sp³-hybridized carbons (Fsp3) is 0.273. The molecule has 0 amide bonds. The zero-order valence-electron chi connectivity index (χ0n) is 7.88. The molecule has 1 rings (SSSR count). The SMILES string of the molecule is Cc1ccc(SC/C=C/Cl)c(C)c1. The largest absolute Gasteiger partial charge is 0.122 e. The highest BCUT2D eigenvalue weighted by Crippen LogP contribution is 2.23. The lowest BCUT2D eigenvalue weighted by molar-refractivity contribution is 1.26. The fourth-order valence-electron chi connectivity index (χ4n) is 1.14. The fourth-order valence-corrected chi connectivity index (χ4v) is 2.15. The Balaban J connectivity index is 2.66. The van der Waals surface area contributed by atoms with Crippen molar-refractivity contribution in [3.8, 4) is 0 Å². The van der Waals surface area contributed by atoms with Gasteiger partial charge in [-0.25, -0.2) is 0 Å². The maximum atomic E-state index is 5.44. The van der Waals surface area contributed by atoms with Crippen molar-refractivity contribution in [1.82, 2.24) is 0 Å². The van der Waals surface area contributed by atoms with E-state index >= 15 is 0 Å². The molecule has 1 aromatic carbocycles. The lowest BCUT2D eigenvalue weighted by Crippen LogP contribution is -1.82. The minimum absolute atomic E-state index is 0.938. The van der Waals surface area contributed by atoms with Gasteiger partial charge in [-0.3, -0.25) is 0 Å². The van der Waals surface area contributed by atoms with Gasteiger partial charge >= 0.3 is 0 Å². The van der Waals surface area contributed by atoms with E-state index in [9.17, 15) is 0 Å². The molecule has 13 heavy (non-hydrogen) atoms. The van der Waals surface area contributed by atoms with Gasteiger partial charge in [-0.1, -0.05) is 35.4 Å². The summed E-state index contributed by atoms with van der Waals surface area (Å²) in [5.41, 5.74) is 4.22. The lowest BCUT2D eigenvalue weighted by Gasteiger charge is -2.04. The van der Waals surface area contributed by atoms with Crippen LogP contribution in [-0.4, -0.2) is 5.75 Å². The van der Waals surface area contributed by atoms with E-state index < -0.39 is 0 Å². The first-order chi connectivity index (χ1) is 6.24. The van der Waals surface area contributed by atoms with Crippen LogP contribution >= 0.6 is 23.4 Å². The topological polar surface area (TPSA) is 0 Å². The Morgan fingerprint density at radius 1 is 1.38 bits per heavy atom. The quantitative estimate of drug-likeness (QED) is 0.679. The molecule has 0 bridgehead atoms.